The first-order valence-electron chi connectivity index (χ1n) is 19.8. The maximum Gasteiger partial charge on any atom is 0.407 e. The van der Waals surface area contributed by atoms with Gasteiger partial charge in [0.15, 0.2) is 0 Å². The molecule has 5 aliphatic rings. The molecule has 15 nitrogen and oxygen atoms in total. The number of hydrogen-bond donors (Lipinski definition) is 4. The lowest BCUT2D eigenvalue weighted by atomic mass is 10.0. The zero-order chi connectivity index (χ0) is 39.3. The third-order valence-corrected chi connectivity index (χ3v) is 13.0. The first kappa shape index (κ1) is 39.3. The fraction of sp³-hybridized carbons (Fsp3) is 0.550. The molecule has 5 atom stereocenters. The maximum atomic E-state index is 14.4. The largest absolute Gasteiger partial charge is 0.494 e. The SMILES string of the molecule is O=C1N[C@H]2CCCCCC=C[C@@H]3C[C@@]3(C(=O)NS(=O)(=O)C3CC3)NC(=O)[C@@H]3C[C@H](CN3C2=O)NC(=O)c2cccc(n2)-c2cccc(c2)OCCCCCCO1. The molecule has 5 amide bonds. The van der Waals surface area contributed by atoms with E-state index >= 15 is 0 Å². The number of alkyl carbamates (subject to hydrolysis) is 1. The number of sulfonamides is 1. The highest BCUT2D eigenvalue weighted by Gasteiger charge is 2.62. The third-order valence-electron chi connectivity index (χ3n) is 11.2. The lowest BCUT2D eigenvalue weighted by Crippen LogP contribution is -2.58. The summed E-state index contributed by atoms with van der Waals surface area (Å²) in [5, 5.41) is 7.89. The number of ether oxygens (including phenoxy) is 2. The molecule has 300 valence electrons. The van der Waals surface area contributed by atoms with Crippen molar-refractivity contribution in [1.29, 1.82) is 0 Å². The van der Waals surface area contributed by atoms with Gasteiger partial charge in [-0.15, -0.1) is 0 Å². The Bertz CT molecular complexity index is 1970. The number of rotatable bonds is 3. The van der Waals surface area contributed by atoms with Crippen LogP contribution in [0.4, 0.5) is 4.79 Å². The van der Waals surface area contributed by atoms with E-state index in [1.807, 2.05) is 36.4 Å². The van der Waals surface area contributed by atoms with E-state index in [-0.39, 0.29) is 31.7 Å². The summed E-state index contributed by atoms with van der Waals surface area (Å²) in [6.07, 6.45) is 10.4. The molecule has 0 radical (unpaired) electrons. The van der Waals surface area contributed by atoms with Crippen molar-refractivity contribution >= 4 is 39.7 Å². The molecule has 2 aliphatic carbocycles. The lowest BCUT2D eigenvalue weighted by Gasteiger charge is -2.30. The standard InChI is InChI=1S/C40H50N6O9S/c47-35-32-17-11-16-31(42-32)26-12-10-14-29(22-26)54-20-8-4-5-9-21-55-39(51)43-33-15-7-3-1-2-6-13-27-24-40(27,38(50)45-56(52,53)30-18-19-30)44-36(48)34-23-28(41-35)25-46(34)37(33)49/h6,10-14,16-17,22,27-28,30,33-34H,1-5,7-9,15,18-21,23-25H2,(H,41,47)(H,43,51)(H,44,48)(H,45,50)/t27-,28-,33+,34+,40-/m1/s1. The monoisotopic (exact) mass is 790 g/mol. The molecule has 1 aromatic carbocycles. The van der Waals surface area contributed by atoms with Crippen LogP contribution in [0.2, 0.25) is 0 Å². The molecule has 56 heavy (non-hydrogen) atoms. The van der Waals surface area contributed by atoms with Gasteiger partial charge in [0.1, 0.15) is 29.1 Å². The van der Waals surface area contributed by atoms with E-state index in [0.29, 0.717) is 56.6 Å². The fourth-order valence-electron chi connectivity index (χ4n) is 7.73. The third kappa shape index (κ3) is 9.33. The summed E-state index contributed by atoms with van der Waals surface area (Å²) < 4.78 is 39.3. The van der Waals surface area contributed by atoms with Gasteiger partial charge >= 0.3 is 6.09 Å². The van der Waals surface area contributed by atoms with Gasteiger partial charge in [-0.05, 0) is 94.9 Å². The summed E-state index contributed by atoms with van der Waals surface area (Å²) in [7, 11) is -3.91. The van der Waals surface area contributed by atoms with Gasteiger partial charge in [0.25, 0.3) is 11.8 Å². The Labute approximate surface area is 326 Å². The van der Waals surface area contributed by atoms with Crippen molar-refractivity contribution in [3.63, 3.8) is 0 Å². The molecule has 7 rings (SSSR count). The zero-order valence-electron chi connectivity index (χ0n) is 31.4. The normalized spacial score (nSPS) is 28.2. The second kappa shape index (κ2) is 17.0. The number of aromatic nitrogens is 1. The smallest absolute Gasteiger partial charge is 0.407 e. The minimum Gasteiger partial charge on any atom is -0.494 e. The molecule has 4 heterocycles. The minimum atomic E-state index is -3.91. The number of carbonyl (C=O) groups excluding carboxylic acids is 5. The fourth-order valence-corrected chi connectivity index (χ4v) is 9.09. The molecular formula is C40H50N6O9S. The van der Waals surface area contributed by atoms with Crippen molar-refractivity contribution < 1.29 is 41.9 Å². The van der Waals surface area contributed by atoms with Gasteiger partial charge in [0.05, 0.1) is 24.2 Å². The van der Waals surface area contributed by atoms with E-state index in [4.69, 9.17) is 9.47 Å². The average molecular weight is 791 g/mol. The number of nitrogens with one attached hydrogen (secondary N) is 4. The summed E-state index contributed by atoms with van der Waals surface area (Å²) in [6.45, 7) is 0.611. The van der Waals surface area contributed by atoms with E-state index in [9.17, 15) is 32.4 Å². The Morgan fingerprint density at radius 2 is 1.62 bits per heavy atom. The number of carbonyl (C=O) groups is 5. The number of amides is 5. The van der Waals surface area contributed by atoms with Crippen LogP contribution in [0, 0.1) is 5.92 Å². The predicted molar refractivity (Wildman–Crippen MR) is 205 cm³/mol. The van der Waals surface area contributed by atoms with Crippen LogP contribution in [0.5, 0.6) is 5.75 Å². The van der Waals surface area contributed by atoms with E-state index < -0.39 is 74.6 Å². The summed E-state index contributed by atoms with van der Waals surface area (Å²) in [4.78, 5) is 75.2. The number of cyclic esters (lactones) is 1. The lowest BCUT2D eigenvalue weighted by molar-refractivity contribution is -0.141. The Morgan fingerprint density at radius 3 is 2.43 bits per heavy atom. The first-order chi connectivity index (χ1) is 27.0. The number of benzene rings is 1. The van der Waals surface area contributed by atoms with Gasteiger partial charge < -0.3 is 30.3 Å². The number of pyridine rings is 1. The van der Waals surface area contributed by atoms with Gasteiger partial charge in [0.2, 0.25) is 21.8 Å². The van der Waals surface area contributed by atoms with Crippen molar-refractivity contribution in [2.45, 2.75) is 112 Å². The van der Waals surface area contributed by atoms with Crippen molar-refractivity contribution in [2.24, 2.45) is 5.92 Å². The molecule has 0 unspecified atom stereocenters. The van der Waals surface area contributed by atoms with Crippen LogP contribution in [0.3, 0.4) is 0 Å². The maximum absolute atomic E-state index is 14.4. The van der Waals surface area contributed by atoms with Gasteiger partial charge in [-0.25, -0.2) is 18.2 Å². The number of hydrogen-bond acceptors (Lipinski definition) is 10. The molecule has 7 bridgehead atoms. The van der Waals surface area contributed by atoms with E-state index in [1.165, 1.54) is 4.90 Å². The Morgan fingerprint density at radius 1 is 0.875 bits per heavy atom. The predicted octanol–water partition coefficient (Wildman–Crippen LogP) is 3.50. The quantitative estimate of drug-likeness (QED) is 0.334. The molecule has 2 aromatic rings. The minimum absolute atomic E-state index is 0.00185. The molecule has 3 aliphatic heterocycles. The van der Waals surface area contributed by atoms with Crippen molar-refractivity contribution in [3.8, 4) is 17.0 Å². The highest BCUT2D eigenvalue weighted by Crippen LogP contribution is 2.46. The first-order valence-corrected chi connectivity index (χ1v) is 21.4. The number of fused-ring (bicyclic) bond motifs is 8. The van der Waals surface area contributed by atoms with E-state index in [2.05, 4.69) is 25.7 Å². The van der Waals surface area contributed by atoms with Gasteiger partial charge in [-0.2, -0.15) is 0 Å². The van der Waals surface area contributed by atoms with Crippen LogP contribution >= 0.6 is 0 Å². The Hall–Kier alpha value is -4.99. The molecule has 4 N–H and O–H groups in total. The molecule has 0 spiro atoms. The molecule has 1 aromatic heterocycles. The van der Waals surface area contributed by atoms with Crippen LogP contribution in [-0.4, -0.2) is 96.7 Å². The van der Waals surface area contributed by atoms with Crippen molar-refractivity contribution in [1.82, 2.24) is 30.6 Å². The van der Waals surface area contributed by atoms with Crippen molar-refractivity contribution in [2.75, 3.05) is 19.8 Å². The summed E-state index contributed by atoms with van der Waals surface area (Å²) in [5.74, 6) is -2.28. The van der Waals surface area contributed by atoms with E-state index in [1.54, 1.807) is 18.2 Å². The van der Waals surface area contributed by atoms with Crippen LogP contribution in [0.25, 0.3) is 11.3 Å². The second-order valence-corrected chi connectivity index (χ2v) is 17.4. The van der Waals surface area contributed by atoms with Crippen LogP contribution in [0.15, 0.2) is 54.6 Å². The highest BCUT2D eigenvalue weighted by molar-refractivity contribution is 7.91. The number of allylic oxidation sites excluding steroid dienone is 1. The molecule has 1 saturated heterocycles. The van der Waals surface area contributed by atoms with Crippen LogP contribution < -0.4 is 25.4 Å². The van der Waals surface area contributed by atoms with Gasteiger partial charge in [-0.3, -0.25) is 23.9 Å². The van der Waals surface area contributed by atoms with Crippen LogP contribution in [0.1, 0.15) is 94.0 Å². The number of nitrogens with zero attached hydrogens (tertiary/aromatic N) is 2. The topological polar surface area (TPSA) is 202 Å². The molecule has 3 fully saturated rings. The average Bonchev–Trinajstić information content (AvgIpc) is 4.11. The highest BCUT2D eigenvalue weighted by atomic mass is 32.2. The summed E-state index contributed by atoms with van der Waals surface area (Å²) in [6, 6.07) is 9.70. The summed E-state index contributed by atoms with van der Waals surface area (Å²) >= 11 is 0. The molecule has 2 saturated carbocycles. The Balaban J connectivity index is 1.18. The van der Waals surface area contributed by atoms with E-state index in [0.717, 1.165) is 37.7 Å². The molecule has 16 heteroatoms. The van der Waals surface area contributed by atoms with Gasteiger partial charge in [-0.1, -0.05) is 43.2 Å². The zero-order valence-corrected chi connectivity index (χ0v) is 32.2. The van der Waals surface area contributed by atoms with Crippen LogP contribution in [-0.2, 0) is 29.1 Å². The molecular weight excluding hydrogens is 741 g/mol. The second-order valence-electron chi connectivity index (χ2n) is 15.5. The Kier molecular flexibility index (Phi) is 11.9. The van der Waals surface area contributed by atoms with Gasteiger partial charge in [0, 0.05) is 24.1 Å². The summed E-state index contributed by atoms with van der Waals surface area (Å²) in [5.41, 5.74) is -0.0645. The van der Waals surface area contributed by atoms with Crippen molar-refractivity contribution in [3.05, 3.63) is 60.3 Å².